The Hall–Kier alpha value is -6.06. The molecule has 0 aliphatic carbocycles. The van der Waals surface area contributed by atoms with E-state index in [9.17, 15) is 19.2 Å². The molecule has 0 bridgehead atoms. The second-order valence-electron chi connectivity index (χ2n) is 13.1. The average molecular weight is 739 g/mol. The number of hydrogen-bond acceptors (Lipinski definition) is 11. The number of amides is 2. The zero-order chi connectivity index (χ0) is 38.4. The van der Waals surface area contributed by atoms with Crippen molar-refractivity contribution < 1.29 is 38.1 Å². The summed E-state index contributed by atoms with van der Waals surface area (Å²) in [6.45, 7) is 3.34. The van der Waals surface area contributed by atoms with Crippen LogP contribution in [-0.2, 0) is 34.2 Å². The molecule has 0 spiro atoms. The normalized spacial score (nSPS) is 17.0. The summed E-state index contributed by atoms with van der Waals surface area (Å²) < 4.78 is 32.0. The zero-order valence-electron chi connectivity index (χ0n) is 30.3. The van der Waals surface area contributed by atoms with Gasteiger partial charge in [0, 0.05) is 18.8 Å². The molecule has 2 aromatic heterocycles. The number of primary amides is 1. The Morgan fingerprint density at radius 3 is 2.13 bits per heavy atom. The molecule has 15 nitrogen and oxygen atoms in total. The maximum absolute atomic E-state index is 13.0. The summed E-state index contributed by atoms with van der Waals surface area (Å²) in [6.07, 6.45) is -1.43. The number of hydrogen-bond donors (Lipinski definition) is 3. The Morgan fingerprint density at radius 1 is 0.944 bits per heavy atom. The number of aromatic nitrogens is 4. The van der Waals surface area contributed by atoms with Gasteiger partial charge in [-0.1, -0.05) is 68.4 Å². The van der Waals surface area contributed by atoms with Crippen LogP contribution in [0.1, 0.15) is 56.0 Å². The fourth-order valence-corrected chi connectivity index (χ4v) is 6.34. The molecule has 0 radical (unpaired) electrons. The van der Waals surface area contributed by atoms with E-state index in [2.05, 4.69) is 20.3 Å². The first-order valence-corrected chi connectivity index (χ1v) is 17.4. The van der Waals surface area contributed by atoms with Gasteiger partial charge in [0.2, 0.25) is 17.8 Å². The number of anilines is 1. The number of methoxy groups -OCH3 is 2. The van der Waals surface area contributed by atoms with Gasteiger partial charge in [0.05, 0.1) is 33.6 Å². The van der Waals surface area contributed by atoms with Crippen LogP contribution in [0.15, 0.2) is 90.0 Å². The van der Waals surface area contributed by atoms with Gasteiger partial charge in [-0.2, -0.15) is 4.98 Å². The Morgan fingerprint density at radius 2 is 1.56 bits per heavy atom. The molecule has 0 unspecified atom stereocenters. The number of fused-ring (bicyclic) bond motifs is 1. The van der Waals surface area contributed by atoms with Gasteiger partial charge < -0.3 is 29.4 Å². The maximum Gasteiger partial charge on any atom is 0.306 e. The van der Waals surface area contributed by atoms with Crippen molar-refractivity contribution in [3.8, 4) is 11.5 Å². The minimum Gasteiger partial charge on any atom is -0.497 e. The summed E-state index contributed by atoms with van der Waals surface area (Å²) in [5.74, 6) is -0.710. The van der Waals surface area contributed by atoms with Gasteiger partial charge in [0.25, 0.3) is 5.56 Å². The molecule has 5 aromatic rings. The molecule has 4 N–H and O–H groups in total. The minimum atomic E-state index is -1.21. The molecule has 2 amide bonds. The molecule has 54 heavy (non-hydrogen) atoms. The monoisotopic (exact) mass is 738 g/mol. The van der Waals surface area contributed by atoms with Crippen molar-refractivity contribution in [2.75, 3.05) is 26.1 Å². The Kier molecular flexibility index (Phi) is 11.4. The lowest BCUT2D eigenvalue weighted by atomic mass is 9.80. The van der Waals surface area contributed by atoms with Crippen LogP contribution in [0.2, 0.25) is 0 Å². The molecule has 3 aromatic carbocycles. The number of nitrogens with one attached hydrogen (secondary N) is 2. The number of ether oxygens (including phenoxy) is 5. The maximum atomic E-state index is 13.0. The van der Waals surface area contributed by atoms with Gasteiger partial charge in [0.1, 0.15) is 35.5 Å². The van der Waals surface area contributed by atoms with Crippen molar-refractivity contribution in [3.05, 3.63) is 112 Å². The fraction of sp³-hybridized carbons (Fsp3) is 0.333. The second-order valence-corrected chi connectivity index (χ2v) is 13.1. The molecule has 1 aliphatic rings. The molecule has 1 fully saturated rings. The highest BCUT2D eigenvalue weighted by Gasteiger charge is 2.44. The van der Waals surface area contributed by atoms with E-state index in [-0.39, 0.29) is 54.8 Å². The molecule has 3 heterocycles. The van der Waals surface area contributed by atoms with Crippen molar-refractivity contribution in [1.82, 2.24) is 19.5 Å². The first-order valence-electron chi connectivity index (χ1n) is 17.4. The van der Waals surface area contributed by atoms with Crippen molar-refractivity contribution in [2.24, 2.45) is 11.7 Å². The zero-order valence-corrected chi connectivity index (χ0v) is 30.3. The Balaban J connectivity index is 1.39. The molecule has 282 valence electrons. The lowest BCUT2D eigenvalue weighted by molar-refractivity contribution is -0.156. The van der Waals surface area contributed by atoms with E-state index in [4.69, 9.17) is 29.4 Å². The molecule has 1 saturated heterocycles. The standard InChI is InChI=1S/C39H42N6O9/c1-23(2)36(48)43-38-42-35-34(37(49)44-38)41-22-45(35)32-20-29(54-33(47)19-18-31(40)46)30(53-32)21-52-39(24-8-6-5-7-9-24,25-10-14-27(50-3)15-11-25)26-12-16-28(51-4)17-13-26/h5-17,22-23,29-30,32H,18-21H2,1-4H3,(H2,40,46)(H2,42,43,44,48,49)/t29-,30+,32+/m0/s1. The number of nitrogens with two attached hydrogens (primary N) is 1. The van der Waals surface area contributed by atoms with Gasteiger partial charge in [-0.25, -0.2) is 4.98 Å². The first kappa shape index (κ1) is 37.7. The first-order chi connectivity index (χ1) is 26.0. The van der Waals surface area contributed by atoms with Crippen LogP contribution < -0.4 is 26.1 Å². The number of imidazole rings is 1. The fourth-order valence-electron chi connectivity index (χ4n) is 6.34. The van der Waals surface area contributed by atoms with Crippen LogP contribution >= 0.6 is 0 Å². The van der Waals surface area contributed by atoms with E-state index in [0.717, 1.165) is 16.7 Å². The van der Waals surface area contributed by atoms with E-state index in [1.807, 2.05) is 78.9 Å². The van der Waals surface area contributed by atoms with Crippen molar-refractivity contribution in [2.45, 2.75) is 57.1 Å². The van der Waals surface area contributed by atoms with Crippen LogP contribution in [0.25, 0.3) is 11.2 Å². The van der Waals surface area contributed by atoms with E-state index in [0.29, 0.717) is 11.5 Å². The van der Waals surface area contributed by atoms with Gasteiger partial charge in [-0.05, 0) is 41.0 Å². The van der Waals surface area contributed by atoms with Crippen LogP contribution in [0.5, 0.6) is 11.5 Å². The SMILES string of the molecule is COc1ccc(C(OC[C@H]2O[C@@H](n3cnc4c(=O)[nH]c(NC(=O)C(C)C)nc43)C[C@@H]2OC(=O)CCC(N)=O)(c2ccccc2)c2ccc(OC)cc2)cc1. The lowest BCUT2D eigenvalue weighted by Crippen LogP contribution is -2.39. The van der Waals surface area contributed by atoms with Gasteiger partial charge in [-0.3, -0.25) is 34.0 Å². The van der Waals surface area contributed by atoms with Crippen LogP contribution in [0, 0.1) is 5.92 Å². The predicted molar refractivity (Wildman–Crippen MR) is 197 cm³/mol. The molecule has 1 aliphatic heterocycles. The van der Waals surface area contributed by atoms with Crippen LogP contribution in [0.3, 0.4) is 0 Å². The summed E-state index contributed by atoms with van der Waals surface area (Å²) in [5, 5.41) is 2.62. The second kappa shape index (κ2) is 16.3. The average Bonchev–Trinajstić information content (AvgIpc) is 3.79. The molecular formula is C39H42N6O9. The van der Waals surface area contributed by atoms with Crippen molar-refractivity contribution in [3.63, 3.8) is 0 Å². The number of H-pyrrole nitrogens is 1. The van der Waals surface area contributed by atoms with Gasteiger partial charge in [0.15, 0.2) is 11.2 Å². The summed E-state index contributed by atoms with van der Waals surface area (Å²) in [5.41, 5.74) is 6.09. The van der Waals surface area contributed by atoms with E-state index >= 15 is 0 Å². The van der Waals surface area contributed by atoms with E-state index in [1.54, 1.807) is 32.6 Å². The predicted octanol–water partition coefficient (Wildman–Crippen LogP) is 4.20. The van der Waals surface area contributed by atoms with Crippen molar-refractivity contribution in [1.29, 1.82) is 0 Å². The minimum absolute atomic E-state index is 0.0259. The van der Waals surface area contributed by atoms with Crippen LogP contribution in [0.4, 0.5) is 5.95 Å². The number of esters is 1. The number of carbonyl (C=O) groups excluding carboxylic acids is 3. The molecule has 15 heteroatoms. The summed E-state index contributed by atoms with van der Waals surface area (Å²) in [6, 6.07) is 24.8. The smallest absolute Gasteiger partial charge is 0.306 e. The van der Waals surface area contributed by atoms with Gasteiger partial charge >= 0.3 is 5.97 Å². The third kappa shape index (κ3) is 7.96. The lowest BCUT2D eigenvalue weighted by Gasteiger charge is -2.37. The number of rotatable bonds is 15. The summed E-state index contributed by atoms with van der Waals surface area (Å²) >= 11 is 0. The molecular weight excluding hydrogens is 696 g/mol. The van der Waals surface area contributed by atoms with Crippen molar-refractivity contribution >= 4 is 34.9 Å². The molecule has 6 rings (SSSR count). The summed E-state index contributed by atoms with van der Waals surface area (Å²) in [7, 11) is 3.19. The number of benzene rings is 3. The highest BCUT2D eigenvalue weighted by molar-refractivity contribution is 5.91. The highest BCUT2D eigenvalue weighted by atomic mass is 16.6. The van der Waals surface area contributed by atoms with Gasteiger partial charge in [-0.15, -0.1) is 0 Å². The van der Waals surface area contributed by atoms with E-state index < -0.39 is 41.5 Å². The Bertz CT molecular complexity index is 2100. The third-order valence-corrected chi connectivity index (χ3v) is 9.18. The Labute approximate surface area is 310 Å². The topological polar surface area (TPSA) is 199 Å². The number of aromatic amines is 1. The highest BCUT2D eigenvalue weighted by Crippen LogP contribution is 2.43. The third-order valence-electron chi connectivity index (χ3n) is 9.18. The quantitative estimate of drug-likeness (QED) is 0.103. The largest absolute Gasteiger partial charge is 0.497 e. The summed E-state index contributed by atoms with van der Waals surface area (Å²) in [4.78, 5) is 61.2. The molecule has 0 saturated carbocycles. The molecule has 3 atom stereocenters. The number of carbonyl (C=O) groups is 3. The number of nitrogens with zero attached hydrogens (tertiary/aromatic N) is 3. The van der Waals surface area contributed by atoms with Crippen LogP contribution in [-0.4, -0.2) is 70.3 Å². The van der Waals surface area contributed by atoms with E-state index in [1.165, 1.54) is 6.33 Å².